The van der Waals surface area contributed by atoms with Gasteiger partial charge in [-0.3, -0.25) is 0 Å². The lowest BCUT2D eigenvalue weighted by molar-refractivity contribution is 0.574. The summed E-state index contributed by atoms with van der Waals surface area (Å²) in [6, 6.07) is 14.1. The Bertz CT molecular complexity index is 848. The SMILES string of the molecule is c1ccc(CCc2nn3c(-c4ccco4)nnc3s2)cc1. The van der Waals surface area contributed by atoms with Crippen molar-refractivity contribution in [1.82, 2.24) is 19.8 Å². The van der Waals surface area contributed by atoms with E-state index in [9.17, 15) is 0 Å². The van der Waals surface area contributed by atoms with Gasteiger partial charge >= 0.3 is 0 Å². The first-order valence-corrected chi connectivity index (χ1v) is 7.51. The lowest BCUT2D eigenvalue weighted by Crippen LogP contribution is -1.94. The summed E-state index contributed by atoms with van der Waals surface area (Å²) in [5.74, 6) is 1.33. The first-order valence-electron chi connectivity index (χ1n) is 6.69. The van der Waals surface area contributed by atoms with E-state index in [0.717, 1.165) is 22.8 Å². The molecule has 104 valence electrons. The summed E-state index contributed by atoms with van der Waals surface area (Å²) in [7, 11) is 0. The molecule has 0 aliphatic carbocycles. The molecule has 0 spiro atoms. The molecule has 3 aromatic heterocycles. The van der Waals surface area contributed by atoms with E-state index in [1.54, 1.807) is 22.1 Å². The first-order chi connectivity index (χ1) is 10.4. The molecule has 0 fully saturated rings. The van der Waals surface area contributed by atoms with Crippen LogP contribution in [0.2, 0.25) is 0 Å². The Balaban J connectivity index is 1.60. The van der Waals surface area contributed by atoms with E-state index in [0.29, 0.717) is 11.6 Å². The van der Waals surface area contributed by atoms with Gasteiger partial charge in [0, 0.05) is 6.42 Å². The standard InChI is InChI=1S/C15H12N4OS/c1-2-5-11(6-3-1)8-9-13-18-19-14(12-7-4-10-20-12)16-17-15(19)21-13/h1-7,10H,8-9H2. The van der Waals surface area contributed by atoms with Gasteiger partial charge < -0.3 is 4.42 Å². The van der Waals surface area contributed by atoms with Crippen LogP contribution in [0.1, 0.15) is 10.6 Å². The molecule has 0 saturated heterocycles. The fraction of sp³-hybridized carbons (Fsp3) is 0.133. The predicted octanol–water partition coefficient (Wildman–Crippen LogP) is 3.23. The maximum absolute atomic E-state index is 5.37. The van der Waals surface area contributed by atoms with E-state index in [2.05, 4.69) is 39.6 Å². The summed E-state index contributed by atoms with van der Waals surface area (Å²) in [5, 5.41) is 13.9. The van der Waals surface area contributed by atoms with Crippen LogP contribution in [-0.4, -0.2) is 19.8 Å². The fourth-order valence-electron chi connectivity index (χ4n) is 2.21. The van der Waals surface area contributed by atoms with Crippen molar-refractivity contribution < 1.29 is 4.42 Å². The number of furan rings is 1. The van der Waals surface area contributed by atoms with E-state index < -0.39 is 0 Å². The Morgan fingerprint density at radius 1 is 1.00 bits per heavy atom. The highest BCUT2D eigenvalue weighted by Crippen LogP contribution is 2.22. The maximum atomic E-state index is 5.37. The molecule has 4 rings (SSSR count). The van der Waals surface area contributed by atoms with Gasteiger partial charge in [0.1, 0.15) is 5.01 Å². The number of nitrogens with zero attached hydrogens (tertiary/aromatic N) is 4. The van der Waals surface area contributed by atoms with Gasteiger partial charge in [-0.2, -0.15) is 9.61 Å². The normalized spacial score (nSPS) is 11.2. The highest BCUT2D eigenvalue weighted by atomic mass is 32.1. The molecule has 21 heavy (non-hydrogen) atoms. The lowest BCUT2D eigenvalue weighted by Gasteiger charge is -1.97. The van der Waals surface area contributed by atoms with Crippen molar-refractivity contribution in [3.05, 3.63) is 59.3 Å². The van der Waals surface area contributed by atoms with Crippen LogP contribution in [0, 0.1) is 0 Å². The van der Waals surface area contributed by atoms with E-state index in [1.165, 1.54) is 5.56 Å². The number of benzene rings is 1. The number of hydrogen-bond acceptors (Lipinski definition) is 5. The average Bonchev–Trinajstić information content (AvgIpc) is 3.22. The van der Waals surface area contributed by atoms with Gasteiger partial charge in [-0.15, -0.1) is 10.2 Å². The Kier molecular flexibility index (Phi) is 3.01. The highest BCUT2D eigenvalue weighted by Gasteiger charge is 2.14. The van der Waals surface area contributed by atoms with Gasteiger partial charge in [0.05, 0.1) is 6.26 Å². The quantitative estimate of drug-likeness (QED) is 0.580. The Labute approximate surface area is 124 Å². The second kappa shape index (κ2) is 5.14. The summed E-state index contributed by atoms with van der Waals surface area (Å²) >= 11 is 1.57. The molecule has 3 heterocycles. The lowest BCUT2D eigenvalue weighted by atomic mass is 10.1. The van der Waals surface area contributed by atoms with Crippen molar-refractivity contribution in [3.63, 3.8) is 0 Å². The molecule has 0 bridgehead atoms. The zero-order valence-corrected chi connectivity index (χ0v) is 12.0. The van der Waals surface area contributed by atoms with Gasteiger partial charge in [0.25, 0.3) is 0 Å². The number of rotatable bonds is 4. The van der Waals surface area contributed by atoms with E-state index >= 15 is 0 Å². The summed E-state index contributed by atoms with van der Waals surface area (Å²) < 4.78 is 7.12. The summed E-state index contributed by atoms with van der Waals surface area (Å²) in [5.41, 5.74) is 1.31. The van der Waals surface area contributed by atoms with Crippen LogP contribution in [0.15, 0.2) is 53.1 Å². The van der Waals surface area contributed by atoms with Gasteiger partial charge in [-0.05, 0) is 24.1 Å². The van der Waals surface area contributed by atoms with E-state index in [-0.39, 0.29) is 0 Å². The third-order valence-electron chi connectivity index (χ3n) is 3.24. The number of hydrogen-bond donors (Lipinski definition) is 0. The molecule has 0 unspecified atom stereocenters. The minimum Gasteiger partial charge on any atom is -0.461 e. The smallest absolute Gasteiger partial charge is 0.235 e. The number of aryl methyl sites for hydroxylation is 2. The van der Waals surface area contributed by atoms with Crippen LogP contribution >= 0.6 is 11.3 Å². The van der Waals surface area contributed by atoms with Gasteiger partial charge in [-0.1, -0.05) is 41.7 Å². The van der Waals surface area contributed by atoms with Crippen molar-refractivity contribution in [2.45, 2.75) is 12.8 Å². The zero-order valence-electron chi connectivity index (χ0n) is 11.1. The summed E-state index contributed by atoms with van der Waals surface area (Å²) in [4.78, 5) is 0.796. The minimum absolute atomic E-state index is 0.650. The molecule has 0 radical (unpaired) electrons. The van der Waals surface area contributed by atoms with Crippen molar-refractivity contribution in [1.29, 1.82) is 0 Å². The third-order valence-corrected chi connectivity index (χ3v) is 4.20. The average molecular weight is 296 g/mol. The van der Waals surface area contributed by atoms with Crippen LogP contribution in [-0.2, 0) is 12.8 Å². The molecular weight excluding hydrogens is 284 g/mol. The van der Waals surface area contributed by atoms with Gasteiger partial charge in [-0.25, -0.2) is 0 Å². The number of aromatic nitrogens is 4. The van der Waals surface area contributed by atoms with Crippen LogP contribution in [0.4, 0.5) is 0 Å². The Morgan fingerprint density at radius 2 is 1.90 bits per heavy atom. The van der Waals surface area contributed by atoms with Crippen molar-refractivity contribution in [3.8, 4) is 11.6 Å². The van der Waals surface area contributed by atoms with Gasteiger partial charge in [0.15, 0.2) is 5.76 Å². The van der Waals surface area contributed by atoms with Crippen LogP contribution in [0.25, 0.3) is 16.5 Å². The van der Waals surface area contributed by atoms with Crippen LogP contribution < -0.4 is 0 Å². The minimum atomic E-state index is 0.650. The summed E-state index contributed by atoms with van der Waals surface area (Å²) in [6.45, 7) is 0. The van der Waals surface area contributed by atoms with Crippen LogP contribution in [0.3, 0.4) is 0 Å². The summed E-state index contributed by atoms with van der Waals surface area (Å²) in [6.07, 6.45) is 3.50. The van der Waals surface area contributed by atoms with Gasteiger partial charge in [0.2, 0.25) is 10.8 Å². The van der Waals surface area contributed by atoms with Crippen molar-refractivity contribution >= 4 is 16.3 Å². The second-order valence-corrected chi connectivity index (χ2v) is 5.72. The fourth-order valence-corrected chi connectivity index (χ4v) is 3.05. The molecule has 1 aromatic carbocycles. The molecule has 6 heteroatoms. The number of fused-ring (bicyclic) bond motifs is 1. The monoisotopic (exact) mass is 296 g/mol. The Morgan fingerprint density at radius 3 is 2.71 bits per heavy atom. The molecule has 4 aromatic rings. The van der Waals surface area contributed by atoms with Crippen LogP contribution in [0.5, 0.6) is 0 Å². The molecule has 0 saturated carbocycles. The zero-order chi connectivity index (χ0) is 14.1. The molecule has 0 aliphatic rings. The maximum Gasteiger partial charge on any atom is 0.235 e. The molecule has 0 atom stereocenters. The topological polar surface area (TPSA) is 56.2 Å². The van der Waals surface area contributed by atoms with Crippen molar-refractivity contribution in [2.75, 3.05) is 0 Å². The predicted molar refractivity (Wildman–Crippen MR) is 80.2 cm³/mol. The molecule has 0 amide bonds. The van der Waals surface area contributed by atoms with E-state index in [1.807, 2.05) is 18.2 Å². The molecule has 5 nitrogen and oxygen atoms in total. The third kappa shape index (κ3) is 2.34. The largest absolute Gasteiger partial charge is 0.461 e. The second-order valence-electron chi connectivity index (χ2n) is 4.68. The Hall–Kier alpha value is -2.47. The molecule has 0 N–H and O–H groups in total. The first kappa shape index (κ1) is 12.3. The molecular formula is C15H12N4OS. The molecule has 0 aliphatic heterocycles. The van der Waals surface area contributed by atoms with E-state index in [4.69, 9.17) is 4.42 Å². The highest BCUT2D eigenvalue weighted by molar-refractivity contribution is 7.16. The van der Waals surface area contributed by atoms with Crippen molar-refractivity contribution in [2.24, 2.45) is 0 Å².